The predicted octanol–water partition coefficient (Wildman–Crippen LogP) is 2.17. The minimum absolute atomic E-state index is 0.274. The minimum atomic E-state index is -1.07. The average molecular weight is 270 g/mol. The zero-order valence-corrected chi connectivity index (χ0v) is 9.48. The lowest BCUT2D eigenvalue weighted by atomic mass is 10.2. The van der Waals surface area contributed by atoms with Gasteiger partial charge in [-0.25, -0.2) is 4.79 Å². The van der Waals surface area contributed by atoms with E-state index in [1.165, 1.54) is 6.92 Å². The van der Waals surface area contributed by atoms with E-state index in [2.05, 4.69) is 15.9 Å². The Hall–Kier alpha value is -1.54. The molecular formula is C10H8BrNO3. The topological polar surface area (TPSA) is 70.3 Å². The number of halogens is 1. The van der Waals surface area contributed by atoms with Crippen molar-refractivity contribution in [2.45, 2.75) is 13.0 Å². The second-order valence-corrected chi connectivity index (χ2v) is 3.77. The third-order valence-electron chi connectivity index (χ3n) is 1.71. The fourth-order valence-corrected chi connectivity index (χ4v) is 1.29. The maximum atomic E-state index is 10.6. The van der Waals surface area contributed by atoms with E-state index in [0.29, 0.717) is 5.56 Å². The molecule has 1 aromatic carbocycles. The molecule has 0 amide bonds. The summed E-state index contributed by atoms with van der Waals surface area (Å²) < 4.78 is 5.85. The second kappa shape index (κ2) is 4.80. The van der Waals surface area contributed by atoms with E-state index < -0.39 is 12.1 Å². The second-order valence-electron chi connectivity index (χ2n) is 2.85. The molecule has 1 aromatic rings. The molecule has 1 rings (SSSR count). The Bertz CT molecular complexity index is 425. The fraction of sp³-hybridized carbons (Fsp3) is 0.200. The van der Waals surface area contributed by atoms with E-state index in [4.69, 9.17) is 15.1 Å². The maximum absolute atomic E-state index is 10.6. The lowest BCUT2D eigenvalue weighted by molar-refractivity contribution is -0.144. The third kappa shape index (κ3) is 2.96. The summed E-state index contributed by atoms with van der Waals surface area (Å²) in [6.07, 6.45) is -0.974. The van der Waals surface area contributed by atoms with Gasteiger partial charge in [0.1, 0.15) is 11.8 Å². The lowest BCUT2D eigenvalue weighted by Crippen LogP contribution is -2.23. The lowest BCUT2D eigenvalue weighted by Gasteiger charge is -2.11. The average Bonchev–Trinajstić information content (AvgIpc) is 2.20. The molecule has 0 aliphatic rings. The number of hydrogen-bond acceptors (Lipinski definition) is 3. The van der Waals surface area contributed by atoms with Gasteiger partial charge in [-0.2, -0.15) is 5.26 Å². The van der Waals surface area contributed by atoms with Gasteiger partial charge in [-0.05, 0) is 25.1 Å². The molecule has 0 heterocycles. The molecule has 0 bridgehead atoms. The van der Waals surface area contributed by atoms with Crippen LogP contribution in [0.15, 0.2) is 22.7 Å². The molecule has 0 saturated carbocycles. The number of carboxylic acid groups (broad SMARTS) is 1. The van der Waals surface area contributed by atoms with Gasteiger partial charge in [0.15, 0.2) is 6.10 Å². The molecule has 0 unspecified atom stereocenters. The Morgan fingerprint density at radius 3 is 2.87 bits per heavy atom. The van der Waals surface area contributed by atoms with E-state index in [9.17, 15) is 4.79 Å². The van der Waals surface area contributed by atoms with Gasteiger partial charge in [0.2, 0.25) is 0 Å². The van der Waals surface area contributed by atoms with E-state index in [-0.39, 0.29) is 5.75 Å². The van der Waals surface area contributed by atoms with Crippen molar-refractivity contribution in [3.8, 4) is 11.8 Å². The molecule has 0 saturated heterocycles. The summed E-state index contributed by atoms with van der Waals surface area (Å²) in [5.41, 5.74) is 0.303. The quantitative estimate of drug-likeness (QED) is 0.913. The number of aliphatic carboxylic acids is 1. The number of hydrogen-bond donors (Lipinski definition) is 1. The summed E-state index contributed by atoms with van der Waals surface area (Å²) in [6.45, 7) is 1.41. The van der Waals surface area contributed by atoms with Crippen molar-refractivity contribution in [1.29, 1.82) is 5.26 Å². The SMILES string of the molecule is C[C@H](Oc1ccc(Br)cc1C#N)C(=O)O. The molecule has 0 radical (unpaired) electrons. The number of nitrogens with zero attached hydrogens (tertiary/aromatic N) is 1. The first-order valence-electron chi connectivity index (χ1n) is 4.13. The molecule has 0 spiro atoms. The molecule has 4 nitrogen and oxygen atoms in total. The van der Waals surface area contributed by atoms with Crippen molar-refractivity contribution in [3.63, 3.8) is 0 Å². The Morgan fingerprint density at radius 1 is 1.67 bits per heavy atom. The van der Waals surface area contributed by atoms with E-state index in [0.717, 1.165) is 4.47 Å². The molecular weight excluding hydrogens is 262 g/mol. The van der Waals surface area contributed by atoms with Crippen LogP contribution in [0.5, 0.6) is 5.75 Å². The molecule has 0 aliphatic heterocycles. The van der Waals surface area contributed by atoms with Crippen LogP contribution < -0.4 is 4.74 Å². The largest absolute Gasteiger partial charge is 0.479 e. The van der Waals surface area contributed by atoms with Gasteiger partial charge in [-0.3, -0.25) is 0 Å². The fourth-order valence-electron chi connectivity index (χ4n) is 0.933. The van der Waals surface area contributed by atoms with Crippen LogP contribution in [0.1, 0.15) is 12.5 Å². The smallest absolute Gasteiger partial charge is 0.344 e. The summed E-state index contributed by atoms with van der Waals surface area (Å²) in [4.78, 5) is 10.6. The van der Waals surface area contributed by atoms with Gasteiger partial charge in [-0.15, -0.1) is 0 Å². The number of carbonyl (C=O) groups is 1. The molecule has 0 aliphatic carbocycles. The van der Waals surface area contributed by atoms with Crippen LogP contribution in [0.2, 0.25) is 0 Å². The molecule has 5 heteroatoms. The number of benzene rings is 1. The zero-order chi connectivity index (χ0) is 11.4. The van der Waals surface area contributed by atoms with E-state index in [1.54, 1.807) is 18.2 Å². The number of carboxylic acids is 1. The predicted molar refractivity (Wildman–Crippen MR) is 56.6 cm³/mol. The van der Waals surface area contributed by atoms with Gasteiger partial charge in [0.05, 0.1) is 5.56 Å². The maximum Gasteiger partial charge on any atom is 0.344 e. The van der Waals surface area contributed by atoms with Gasteiger partial charge in [-0.1, -0.05) is 15.9 Å². The molecule has 78 valence electrons. The van der Waals surface area contributed by atoms with Crippen molar-refractivity contribution in [2.75, 3.05) is 0 Å². The van der Waals surface area contributed by atoms with Crippen molar-refractivity contribution >= 4 is 21.9 Å². The Kier molecular flexibility index (Phi) is 3.69. The summed E-state index contributed by atoms with van der Waals surface area (Å²) in [6, 6.07) is 6.75. The molecule has 0 aromatic heterocycles. The molecule has 1 N–H and O–H groups in total. The molecule has 0 fully saturated rings. The van der Waals surface area contributed by atoms with E-state index in [1.807, 2.05) is 6.07 Å². The van der Waals surface area contributed by atoms with E-state index >= 15 is 0 Å². The number of nitriles is 1. The van der Waals surface area contributed by atoms with Crippen molar-refractivity contribution in [2.24, 2.45) is 0 Å². The zero-order valence-electron chi connectivity index (χ0n) is 7.90. The van der Waals surface area contributed by atoms with Crippen LogP contribution in [-0.4, -0.2) is 17.2 Å². The van der Waals surface area contributed by atoms with Gasteiger partial charge < -0.3 is 9.84 Å². The first-order valence-corrected chi connectivity index (χ1v) is 4.93. The van der Waals surface area contributed by atoms with Crippen LogP contribution >= 0.6 is 15.9 Å². The van der Waals surface area contributed by atoms with Gasteiger partial charge in [0, 0.05) is 4.47 Å². The summed E-state index contributed by atoms with van der Waals surface area (Å²) in [7, 11) is 0. The third-order valence-corrected chi connectivity index (χ3v) is 2.21. The van der Waals surface area contributed by atoms with Crippen molar-refractivity contribution < 1.29 is 14.6 Å². The van der Waals surface area contributed by atoms with Crippen LogP contribution in [0.25, 0.3) is 0 Å². The minimum Gasteiger partial charge on any atom is -0.479 e. The summed E-state index contributed by atoms with van der Waals surface area (Å²) in [5, 5.41) is 17.4. The standard InChI is InChI=1S/C10H8BrNO3/c1-6(10(13)14)15-9-3-2-8(11)4-7(9)5-12/h2-4,6H,1H3,(H,13,14)/t6-/m0/s1. The normalized spacial score (nSPS) is 11.5. The highest BCUT2D eigenvalue weighted by molar-refractivity contribution is 9.10. The van der Waals surface area contributed by atoms with Crippen molar-refractivity contribution in [3.05, 3.63) is 28.2 Å². The molecule has 1 atom stereocenters. The Balaban J connectivity index is 2.96. The highest BCUT2D eigenvalue weighted by atomic mass is 79.9. The monoisotopic (exact) mass is 269 g/mol. The first-order chi connectivity index (χ1) is 7.04. The highest BCUT2D eigenvalue weighted by Gasteiger charge is 2.14. The summed E-state index contributed by atoms with van der Waals surface area (Å²) in [5.74, 6) is -0.794. The first kappa shape index (κ1) is 11.5. The highest BCUT2D eigenvalue weighted by Crippen LogP contribution is 2.23. The van der Waals surface area contributed by atoms with Gasteiger partial charge in [0.25, 0.3) is 0 Å². The Labute approximate surface area is 95.2 Å². The molecule has 15 heavy (non-hydrogen) atoms. The Morgan fingerprint density at radius 2 is 2.33 bits per heavy atom. The van der Waals surface area contributed by atoms with Gasteiger partial charge >= 0.3 is 5.97 Å². The van der Waals surface area contributed by atoms with Crippen LogP contribution in [0.4, 0.5) is 0 Å². The van der Waals surface area contributed by atoms with Crippen LogP contribution in [-0.2, 0) is 4.79 Å². The van der Waals surface area contributed by atoms with Crippen molar-refractivity contribution in [1.82, 2.24) is 0 Å². The summed E-state index contributed by atoms with van der Waals surface area (Å²) >= 11 is 3.21. The van der Waals surface area contributed by atoms with Crippen LogP contribution in [0, 0.1) is 11.3 Å². The number of rotatable bonds is 3. The van der Waals surface area contributed by atoms with Crippen LogP contribution in [0.3, 0.4) is 0 Å². The number of ether oxygens (including phenoxy) is 1.